The zero-order chi connectivity index (χ0) is 20.7. The number of pyridine rings is 1. The molecule has 8 heteroatoms. The fraction of sp³-hybridized carbons (Fsp3) is 0.273. The molecule has 2 aliphatic rings. The van der Waals surface area contributed by atoms with E-state index in [0.29, 0.717) is 31.2 Å². The molecule has 1 aliphatic heterocycles. The van der Waals surface area contributed by atoms with Crippen molar-refractivity contribution in [3.63, 3.8) is 0 Å². The van der Waals surface area contributed by atoms with Crippen LogP contribution < -0.4 is 5.32 Å². The first-order valence-electron chi connectivity index (χ1n) is 9.88. The molecule has 5 rings (SSSR count). The van der Waals surface area contributed by atoms with Gasteiger partial charge in [0.05, 0.1) is 17.4 Å². The van der Waals surface area contributed by atoms with Gasteiger partial charge in [-0.05, 0) is 43.9 Å². The van der Waals surface area contributed by atoms with Crippen LogP contribution in [0.2, 0.25) is 0 Å². The van der Waals surface area contributed by atoms with Crippen LogP contribution in [0, 0.1) is 5.92 Å². The second kappa shape index (κ2) is 6.98. The van der Waals surface area contributed by atoms with Crippen LogP contribution in [-0.4, -0.2) is 31.7 Å². The molecule has 1 fully saturated rings. The molecule has 30 heavy (non-hydrogen) atoms. The van der Waals surface area contributed by atoms with Crippen molar-refractivity contribution in [2.24, 2.45) is 5.92 Å². The maximum absolute atomic E-state index is 12.8. The standard InChI is InChI=1S/C22H20N4O4/c27-18-13-26(15-4-2-1-3-5-15)25-19(18)24-20(28)14-6-9-22(10-7-14)17-12-23-11-8-16(17)21(29)30-22/h1-5,8,11-14,27H,6-7,9-10H2,(H,24,25,28). The van der Waals surface area contributed by atoms with Gasteiger partial charge in [-0.1, -0.05) is 18.2 Å². The number of carbonyl (C=O) groups excluding carboxylic acids is 2. The minimum atomic E-state index is -0.686. The van der Waals surface area contributed by atoms with Gasteiger partial charge in [-0.25, -0.2) is 9.48 Å². The second-order valence-electron chi connectivity index (χ2n) is 7.71. The lowest BCUT2D eigenvalue weighted by Crippen LogP contribution is -2.36. The summed E-state index contributed by atoms with van der Waals surface area (Å²) in [7, 11) is 0. The SMILES string of the molecule is O=C1OC2(CCC(C(=O)Nc3nn(-c4ccccc4)cc3O)CC2)c2cnccc21. The van der Waals surface area contributed by atoms with Gasteiger partial charge in [-0.15, -0.1) is 5.10 Å². The number of esters is 1. The number of aromatic hydroxyl groups is 1. The van der Waals surface area contributed by atoms with Crippen molar-refractivity contribution in [1.82, 2.24) is 14.8 Å². The van der Waals surface area contributed by atoms with Crippen LogP contribution >= 0.6 is 0 Å². The highest BCUT2D eigenvalue weighted by molar-refractivity contribution is 5.95. The Morgan fingerprint density at radius 1 is 1.20 bits per heavy atom. The highest BCUT2D eigenvalue weighted by atomic mass is 16.6. The van der Waals surface area contributed by atoms with Gasteiger partial charge >= 0.3 is 5.97 Å². The van der Waals surface area contributed by atoms with E-state index in [1.165, 1.54) is 10.9 Å². The van der Waals surface area contributed by atoms with E-state index < -0.39 is 5.60 Å². The molecular formula is C22H20N4O4. The highest BCUT2D eigenvalue weighted by Gasteiger charge is 2.48. The summed E-state index contributed by atoms with van der Waals surface area (Å²) in [5.41, 5.74) is 1.47. The monoisotopic (exact) mass is 404 g/mol. The number of para-hydroxylation sites is 1. The number of ether oxygens (including phenoxy) is 1. The summed E-state index contributed by atoms with van der Waals surface area (Å²) in [5.74, 6) is -0.743. The summed E-state index contributed by atoms with van der Waals surface area (Å²) in [4.78, 5) is 29.1. The normalized spacial score (nSPS) is 22.5. The number of nitrogens with zero attached hydrogens (tertiary/aromatic N) is 3. The summed E-state index contributed by atoms with van der Waals surface area (Å²) in [6.07, 6.45) is 6.97. The molecule has 2 N–H and O–H groups in total. The van der Waals surface area contributed by atoms with Gasteiger partial charge in [0.25, 0.3) is 0 Å². The molecule has 1 saturated carbocycles. The van der Waals surface area contributed by atoms with Crippen LogP contribution in [0.5, 0.6) is 5.75 Å². The Labute approximate surface area is 172 Å². The largest absolute Gasteiger partial charge is 0.503 e. The zero-order valence-electron chi connectivity index (χ0n) is 16.1. The van der Waals surface area contributed by atoms with E-state index in [2.05, 4.69) is 15.4 Å². The van der Waals surface area contributed by atoms with Crippen molar-refractivity contribution < 1.29 is 19.4 Å². The van der Waals surface area contributed by atoms with Crippen molar-refractivity contribution in [3.05, 3.63) is 66.1 Å². The molecule has 0 bridgehead atoms. The van der Waals surface area contributed by atoms with Crippen LogP contribution in [0.15, 0.2) is 55.0 Å². The van der Waals surface area contributed by atoms with Gasteiger partial charge in [-0.2, -0.15) is 0 Å². The summed E-state index contributed by atoms with van der Waals surface area (Å²) in [5, 5.41) is 17.2. The van der Waals surface area contributed by atoms with Crippen molar-refractivity contribution in [3.8, 4) is 11.4 Å². The molecule has 1 aliphatic carbocycles. The first-order chi connectivity index (χ1) is 14.6. The quantitative estimate of drug-likeness (QED) is 0.650. The molecular weight excluding hydrogens is 384 g/mol. The number of nitrogens with one attached hydrogen (secondary N) is 1. The molecule has 8 nitrogen and oxygen atoms in total. The van der Waals surface area contributed by atoms with E-state index in [1.54, 1.807) is 18.5 Å². The Bertz CT molecular complexity index is 1120. The van der Waals surface area contributed by atoms with Crippen molar-refractivity contribution in [2.75, 3.05) is 5.32 Å². The Hall–Kier alpha value is -3.68. The van der Waals surface area contributed by atoms with Crippen LogP contribution in [0.1, 0.15) is 41.6 Å². The lowest BCUT2D eigenvalue weighted by Gasteiger charge is -2.35. The van der Waals surface area contributed by atoms with Gasteiger partial charge in [-0.3, -0.25) is 9.78 Å². The molecule has 0 radical (unpaired) electrons. The number of rotatable bonds is 3. The van der Waals surface area contributed by atoms with Crippen LogP contribution in [0.4, 0.5) is 5.82 Å². The predicted octanol–water partition coefficient (Wildman–Crippen LogP) is 3.17. The van der Waals surface area contributed by atoms with E-state index >= 15 is 0 Å². The fourth-order valence-electron chi connectivity index (χ4n) is 4.33. The third-order valence-electron chi connectivity index (χ3n) is 5.94. The smallest absolute Gasteiger partial charge is 0.339 e. The summed E-state index contributed by atoms with van der Waals surface area (Å²) in [6, 6.07) is 11.0. The zero-order valence-corrected chi connectivity index (χ0v) is 16.1. The summed E-state index contributed by atoms with van der Waals surface area (Å²) in [6.45, 7) is 0. The Kier molecular flexibility index (Phi) is 4.27. The number of hydrogen-bond acceptors (Lipinski definition) is 6. The number of amides is 1. The minimum Gasteiger partial charge on any atom is -0.503 e. The van der Waals surface area contributed by atoms with Gasteiger partial charge < -0.3 is 15.2 Å². The molecule has 3 heterocycles. The molecule has 2 aromatic heterocycles. The number of benzene rings is 1. The second-order valence-corrected chi connectivity index (χ2v) is 7.71. The lowest BCUT2D eigenvalue weighted by molar-refractivity contribution is -0.122. The van der Waals surface area contributed by atoms with Gasteiger partial charge in [0.1, 0.15) is 5.60 Å². The third-order valence-corrected chi connectivity index (χ3v) is 5.94. The molecule has 1 aromatic carbocycles. The third kappa shape index (κ3) is 3.01. The molecule has 0 atom stereocenters. The summed E-state index contributed by atoms with van der Waals surface area (Å²) >= 11 is 0. The number of aromatic nitrogens is 3. The number of anilines is 1. The Balaban J connectivity index is 1.27. The van der Waals surface area contributed by atoms with Crippen molar-refractivity contribution in [1.29, 1.82) is 0 Å². The van der Waals surface area contributed by atoms with Crippen LogP contribution in [-0.2, 0) is 15.1 Å². The van der Waals surface area contributed by atoms with Gasteiger partial charge in [0.2, 0.25) is 5.91 Å². The molecule has 0 unspecified atom stereocenters. The first kappa shape index (κ1) is 18.4. The van der Waals surface area contributed by atoms with Crippen LogP contribution in [0.25, 0.3) is 5.69 Å². The first-order valence-corrected chi connectivity index (χ1v) is 9.88. The van der Waals surface area contributed by atoms with Crippen molar-refractivity contribution >= 4 is 17.7 Å². The number of fused-ring (bicyclic) bond motifs is 2. The highest BCUT2D eigenvalue weighted by Crippen LogP contribution is 2.47. The maximum atomic E-state index is 12.8. The Morgan fingerprint density at radius 2 is 1.97 bits per heavy atom. The summed E-state index contributed by atoms with van der Waals surface area (Å²) < 4.78 is 7.23. The fourth-order valence-corrected chi connectivity index (χ4v) is 4.33. The van der Waals surface area contributed by atoms with Gasteiger partial charge in [0, 0.05) is 23.9 Å². The van der Waals surface area contributed by atoms with E-state index in [4.69, 9.17) is 4.74 Å². The average Bonchev–Trinajstić information content (AvgIpc) is 3.27. The molecule has 3 aromatic rings. The molecule has 1 spiro atoms. The average molecular weight is 404 g/mol. The van der Waals surface area contributed by atoms with Crippen molar-refractivity contribution in [2.45, 2.75) is 31.3 Å². The van der Waals surface area contributed by atoms with Gasteiger partial charge in [0.15, 0.2) is 11.6 Å². The van der Waals surface area contributed by atoms with E-state index in [0.717, 1.165) is 11.3 Å². The molecule has 0 saturated heterocycles. The number of carbonyl (C=O) groups is 2. The predicted molar refractivity (Wildman–Crippen MR) is 107 cm³/mol. The molecule has 1 amide bonds. The van der Waals surface area contributed by atoms with E-state index in [-0.39, 0.29) is 29.4 Å². The van der Waals surface area contributed by atoms with E-state index in [1.807, 2.05) is 30.3 Å². The minimum absolute atomic E-state index is 0.0933. The lowest BCUT2D eigenvalue weighted by atomic mass is 9.75. The molecule has 152 valence electrons. The van der Waals surface area contributed by atoms with E-state index in [9.17, 15) is 14.7 Å². The van der Waals surface area contributed by atoms with Crippen LogP contribution in [0.3, 0.4) is 0 Å². The topological polar surface area (TPSA) is 106 Å². The number of hydrogen-bond donors (Lipinski definition) is 2. The Morgan fingerprint density at radius 3 is 2.73 bits per heavy atom. The maximum Gasteiger partial charge on any atom is 0.339 e.